The first-order chi connectivity index (χ1) is 9.77. The highest BCUT2D eigenvalue weighted by molar-refractivity contribution is 9.11. The molecule has 116 valence electrons. The summed E-state index contributed by atoms with van der Waals surface area (Å²) in [6, 6.07) is 0.120. The van der Waals surface area contributed by atoms with Crippen LogP contribution in [-0.2, 0) is 4.74 Å². The van der Waals surface area contributed by atoms with Gasteiger partial charge < -0.3 is 15.0 Å². The van der Waals surface area contributed by atoms with Crippen LogP contribution in [0.5, 0.6) is 0 Å². The van der Waals surface area contributed by atoms with E-state index >= 15 is 0 Å². The van der Waals surface area contributed by atoms with E-state index in [4.69, 9.17) is 4.74 Å². The quantitative estimate of drug-likeness (QED) is 0.861. The number of hydrogen-bond donors (Lipinski definition) is 1. The molecule has 0 radical (unpaired) electrons. The number of anilines is 1. The molecule has 0 unspecified atom stereocenters. The van der Waals surface area contributed by atoms with Crippen LogP contribution in [0.3, 0.4) is 0 Å². The molecule has 21 heavy (non-hydrogen) atoms. The molecule has 6 nitrogen and oxygen atoms in total. The molecule has 2 fully saturated rings. The van der Waals surface area contributed by atoms with Gasteiger partial charge in [-0.05, 0) is 49.5 Å². The summed E-state index contributed by atoms with van der Waals surface area (Å²) in [6.07, 6.45) is 1.95. The molecule has 1 aromatic rings. The Morgan fingerprint density at radius 3 is 2.71 bits per heavy atom. The van der Waals surface area contributed by atoms with Crippen molar-refractivity contribution in [1.82, 2.24) is 15.5 Å². The molecule has 1 saturated heterocycles. The fourth-order valence-electron chi connectivity index (χ4n) is 2.76. The minimum absolute atomic E-state index is 0.120. The molecule has 1 aromatic heterocycles. The van der Waals surface area contributed by atoms with Gasteiger partial charge in [-0.2, -0.15) is 0 Å². The molecule has 1 aliphatic heterocycles. The van der Waals surface area contributed by atoms with Crippen molar-refractivity contribution >= 4 is 38.5 Å². The van der Waals surface area contributed by atoms with Crippen LogP contribution >= 0.6 is 27.3 Å². The average Bonchev–Trinajstić information content (AvgIpc) is 2.84. The van der Waals surface area contributed by atoms with E-state index in [1.165, 1.54) is 11.3 Å². The summed E-state index contributed by atoms with van der Waals surface area (Å²) >= 11 is 4.86. The number of amides is 1. The van der Waals surface area contributed by atoms with Crippen molar-refractivity contribution in [1.29, 1.82) is 0 Å². The highest BCUT2D eigenvalue weighted by atomic mass is 79.9. The van der Waals surface area contributed by atoms with Gasteiger partial charge in [-0.1, -0.05) is 11.3 Å². The van der Waals surface area contributed by atoms with Gasteiger partial charge in [-0.3, -0.25) is 0 Å². The van der Waals surface area contributed by atoms with E-state index in [-0.39, 0.29) is 17.6 Å². The lowest BCUT2D eigenvalue weighted by Gasteiger charge is -2.23. The molecule has 1 amide bonds. The lowest BCUT2D eigenvalue weighted by molar-refractivity contribution is 0.0493. The Balaban J connectivity index is 1.65. The average molecular weight is 375 g/mol. The van der Waals surface area contributed by atoms with Crippen molar-refractivity contribution in [2.45, 2.75) is 45.3 Å². The van der Waals surface area contributed by atoms with Crippen molar-refractivity contribution in [3.8, 4) is 0 Å². The number of nitrogens with one attached hydrogen (secondary N) is 1. The SMILES string of the molecule is CC(C)(C)OC(=O)N[C@H]1CN(c2nnc(Br)s2)CC12CC2. The molecule has 2 heterocycles. The van der Waals surface area contributed by atoms with Crippen LogP contribution in [-0.4, -0.2) is 41.0 Å². The number of hydrogen-bond acceptors (Lipinski definition) is 6. The first-order valence-corrected chi connectivity index (χ1v) is 8.62. The summed E-state index contributed by atoms with van der Waals surface area (Å²) in [6.45, 7) is 7.31. The summed E-state index contributed by atoms with van der Waals surface area (Å²) in [4.78, 5) is 14.2. The number of alkyl carbamates (subject to hydrolysis) is 1. The first kappa shape index (κ1) is 15.0. The van der Waals surface area contributed by atoms with Gasteiger partial charge in [0.25, 0.3) is 0 Å². The summed E-state index contributed by atoms with van der Waals surface area (Å²) in [7, 11) is 0. The maximum atomic E-state index is 12.0. The summed E-state index contributed by atoms with van der Waals surface area (Å²) < 4.78 is 6.15. The number of rotatable bonds is 2. The predicted molar refractivity (Wildman–Crippen MR) is 84.6 cm³/mol. The number of ether oxygens (including phenoxy) is 1. The molecule has 8 heteroatoms. The van der Waals surface area contributed by atoms with Crippen LogP contribution < -0.4 is 10.2 Å². The van der Waals surface area contributed by atoms with Crippen LogP contribution in [0.25, 0.3) is 0 Å². The second-order valence-corrected chi connectivity index (χ2v) is 9.01. The molecule has 1 aliphatic carbocycles. The van der Waals surface area contributed by atoms with Gasteiger partial charge in [0, 0.05) is 18.5 Å². The largest absolute Gasteiger partial charge is 0.444 e. The molecular formula is C13H19BrN4O2S. The minimum Gasteiger partial charge on any atom is -0.444 e. The zero-order valence-corrected chi connectivity index (χ0v) is 14.8. The maximum Gasteiger partial charge on any atom is 0.407 e. The first-order valence-electron chi connectivity index (χ1n) is 7.01. The lowest BCUT2D eigenvalue weighted by Crippen LogP contribution is -2.44. The zero-order valence-electron chi connectivity index (χ0n) is 12.4. The van der Waals surface area contributed by atoms with Crippen LogP contribution in [0.2, 0.25) is 0 Å². The van der Waals surface area contributed by atoms with Gasteiger partial charge in [-0.15, -0.1) is 10.2 Å². The third-order valence-electron chi connectivity index (χ3n) is 3.89. The van der Waals surface area contributed by atoms with E-state index in [1.54, 1.807) is 0 Å². The van der Waals surface area contributed by atoms with Crippen molar-refractivity contribution < 1.29 is 9.53 Å². The maximum absolute atomic E-state index is 12.0. The van der Waals surface area contributed by atoms with Crippen LogP contribution in [0, 0.1) is 5.41 Å². The molecule has 0 aromatic carbocycles. The predicted octanol–water partition coefficient (Wildman–Crippen LogP) is 2.79. The van der Waals surface area contributed by atoms with Crippen LogP contribution in [0.4, 0.5) is 9.93 Å². The van der Waals surface area contributed by atoms with Crippen LogP contribution in [0.1, 0.15) is 33.6 Å². The summed E-state index contributed by atoms with van der Waals surface area (Å²) in [5.41, 5.74) is -0.280. The normalized spacial score (nSPS) is 23.4. The third-order valence-corrected chi connectivity index (χ3v) is 5.31. The van der Waals surface area contributed by atoms with E-state index in [9.17, 15) is 4.79 Å². The number of carbonyl (C=O) groups is 1. The Kier molecular flexibility index (Phi) is 3.64. The fourth-order valence-corrected chi connectivity index (χ4v) is 3.85. The molecule has 1 spiro atoms. The van der Waals surface area contributed by atoms with Crippen LogP contribution in [0.15, 0.2) is 3.92 Å². The molecule has 1 atom stereocenters. The molecule has 1 N–H and O–H groups in total. The number of nitrogens with zero attached hydrogens (tertiary/aromatic N) is 3. The van der Waals surface area contributed by atoms with Gasteiger partial charge in [0.2, 0.25) is 5.13 Å². The minimum atomic E-state index is -0.469. The monoisotopic (exact) mass is 374 g/mol. The van der Waals surface area contributed by atoms with Crippen molar-refractivity contribution in [3.63, 3.8) is 0 Å². The number of halogens is 1. The van der Waals surface area contributed by atoms with E-state index in [0.717, 1.165) is 35.0 Å². The second kappa shape index (κ2) is 5.08. The Morgan fingerprint density at radius 2 is 2.19 bits per heavy atom. The van der Waals surface area contributed by atoms with Gasteiger partial charge in [0.1, 0.15) is 5.60 Å². The van der Waals surface area contributed by atoms with Crippen molar-refractivity contribution in [3.05, 3.63) is 3.92 Å². The van der Waals surface area contributed by atoms with E-state index in [0.29, 0.717) is 0 Å². The number of carbonyl (C=O) groups excluding carboxylic acids is 1. The Bertz CT molecular complexity index is 553. The smallest absolute Gasteiger partial charge is 0.407 e. The van der Waals surface area contributed by atoms with E-state index < -0.39 is 5.60 Å². The standard InChI is InChI=1S/C13H19BrN4O2S/c1-12(2,3)20-11(19)15-8-6-18(7-13(8)4-5-13)10-17-16-9(14)21-10/h8H,4-7H2,1-3H3,(H,15,19)/t8-/m0/s1. The Labute approximate surface area is 136 Å². The van der Waals surface area contributed by atoms with Gasteiger partial charge in [-0.25, -0.2) is 4.79 Å². The zero-order chi connectivity index (χ0) is 15.3. The Hall–Kier alpha value is -0.890. The molecule has 2 aliphatic rings. The topological polar surface area (TPSA) is 67.3 Å². The number of aromatic nitrogens is 2. The fraction of sp³-hybridized carbons (Fsp3) is 0.769. The van der Waals surface area contributed by atoms with Gasteiger partial charge >= 0.3 is 6.09 Å². The van der Waals surface area contributed by atoms with Crippen molar-refractivity contribution in [2.24, 2.45) is 5.41 Å². The third kappa shape index (κ3) is 3.31. The Morgan fingerprint density at radius 1 is 1.48 bits per heavy atom. The van der Waals surface area contributed by atoms with E-state index in [2.05, 4.69) is 36.3 Å². The molecule has 3 rings (SSSR count). The molecule has 1 saturated carbocycles. The van der Waals surface area contributed by atoms with Crippen molar-refractivity contribution in [2.75, 3.05) is 18.0 Å². The highest BCUT2D eigenvalue weighted by Crippen LogP contribution is 2.53. The van der Waals surface area contributed by atoms with Gasteiger partial charge in [0.15, 0.2) is 3.92 Å². The summed E-state index contributed by atoms with van der Waals surface area (Å²) in [5.74, 6) is 0. The lowest BCUT2D eigenvalue weighted by atomic mass is 10.0. The van der Waals surface area contributed by atoms with E-state index in [1.807, 2.05) is 20.8 Å². The molecular weight excluding hydrogens is 356 g/mol. The second-order valence-electron chi connectivity index (χ2n) is 6.78. The van der Waals surface area contributed by atoms with Gasteiger partial charge in [0.05, 0.1) is 6.04 Å². The molecule has 0 bridgehead atoms. The highest BCUT2D eigenvalue weighted by Gasteiger charge is 2.56. The summed E-state index contributed by atoms with van der Waals surface area (Å²) in [5, 5.41) is 12.1.